The van der Waals surface area contributed by atoms with Gasteiger partial charge in [-0.15, -0.1) is 0 Å². The molecule has 3 aliphatic rings. The van der Waals surface area contributed by atoms with E-state index in [0.717, 1.165) is 38.5 Å². The highest BCUT2D eigenvalue weighted by Crippen LogP contribution is 2.61. The highest BCUT2D eigenvalue weighted by atomic mass is 16.5. The van der Waals surface area contributed by atoms with Crippen LogP contribution in [0.1, 0.15) is 89.2 Å². The van der Waals surface area contributed by atoms with Crippen LogP contribution in [-0.4, -0.2) is 18.0 Å². The van der Waals surface area contributed by atoms with E-state index in [9.17, 15) is 9.59 Å². The molecule has 0 N–H and O–H groups in total. The molecule has 0 radical (unpaired) electrons. The van der Waals surface area contributed by atoms with E-state index in [-0.39, 0.29) is 23.5 Å². The Hall–Kier alpha value is -1.84. The maximum absolute atomic E-state index is 12.3. The Bertz CT molecular complexity index is 785. The van der Waals surface area contributed by atoms with Crippen LogP contribution < -0.4 is 4.74 Å². The van der Waals surface area contributed by atoms with Crippen molar-refractivity contribution in [3.63, 3.8) is 0 Å². The Morgan fingerprint density at radius 1 is 1.17 bits per heavy atom. The van der Waals surface area contributed by atoms with E-state index in [1.807, 2.05) is 6.07 Å². The lowest BCUT2D eigenvalue weighted by molar-refractivity contribution is -0.157. The van der Waals surface area contributed by atoms with Crippen molar-refractivity contribution in [3.8, 4) is 5.75 Å². The number of rotatable bonds is 5. The van der Waals surface area contributed by atoms with E-state index >= 15 is 0 Å². The summed E-state index contributed by atoms with van der Waals surface area (Å²) in [6, 6.07) is 6.20. The van der Waals surface area contributed by atoms with Crippen molar-refractivity contribution in [2.75, 3.05) is 0 Å². The van der Waals surface area contributed by atoms with Gasteiger partial charge in [0.15, 0.2) is 0 Å². The van der Waals surface area contributed by atoms with E-state index in [1.165, 1.54) is 30.9 Å². The standard InChI is InChI=1S/C25H34O4/c1-4-5-6-24(27)29-23-12-11-22-21-9-7-17-15-18(28-16(2)26)8-10-19(17)20(21)13-14-25(22,23)3/h8,10,15,20-23H,4-7,9,11-14H2,1-3H3/t20-,21-,22+,23+,25+/m1/s1. The number of carbonyl (C=O) groups is 2. The van der Waals surface area contributed by atoms with E-state index in [2.05, 4.69) is 26.0 Å². The average Bonchev–Trinajstić information content (AvgIpc) is 3.02. The van der Waals surface area contributed by atoms with Crippen LogP contribution in [0.2, 0.25) is 0 Å². The second kappa shape index (κ2) is 8.12. The fraction of sp³-hybridized carbons (Fsp3) is 0.680. The number of hydrogen-bond acceptors (Lipinski definition) is 4. The molecular weight excluding hydrogens is 364 g/mol. The van der Waals surface area contributed by atoms with Gasteiger partial charge in [0.1, 0.15) is 11.9 Å². The summed E-state index contributed by atoms with van der Waals surface area (Å²) in [7, 11) is 0. The Morgan fingerprint density at radius 3 is 2.76 bits per heavy atom. The quantitative estimate of drug-likeness (QED) is 0.481. The molecule has 4 nitrogen and oxygen atoms in total. The van der Waals surface area contributed by atoms with Crippen LogP contribution in [0.25, 0.3) is 0 Å². The van der Waals surface area contributed by atoms with Crippen LogP contribution in [0, 0.1) is 17.3 Å². The lowest BCUT2D eigenvalue weighted by atomic mass is 9.55. The zero-order chi connectivity index (χ0) is 20.6. The summed E-state index contributed by atoms with van der Waals surface area (Å²) in [5.74, 6) is 2.27. The van der Waals surface area contributed by atoms with Gasteiger partial charge in [0, 0.05) is 18.8 Å². The molecular formula is C25H34O4. The third kappa shape index (κ3) is 3.83. The van der Waals surface area contributed by atoms with Gasteiger partial charge in [-0.3, -0.25) is 9.59 Å². The van der Waals surface area contributed by atoms with E-state index in [4.69, 9.17) is 9.47 Å². The molecule has 0 heterocycles. The van der Waals surface area contributed by atoms with Crippen molar-refractivity contribution >= 4 is 11.9 Å². The second-order valence-electron chi connectivity index (χ2n) is 9.57. The minimum absolute atomic E-state index is 0.00663. The minimum atomic E-state index is -0.266. The first kappa shape index (κ1) is 20.4. The molecule has 0 saturated heterocycles. The van der Waals surface area contributed by atoms with Gasteiger partial charge >= 0.3 is 11.9 Å². The van der Waals surface area contributed by atoms with Gasteiger partial charge in [0.05, 0.1) is 0 Å². The molecule has 3 aliphatic carbocycles. The smallest absolute Gasteiger partial charge is 0.308 e. The Labute approximate surface area is 174 Å². The first-order valence-electron chi connectivity index (χ1n) is 11.4. The molecule has 0 spiro atoms. The first-order chi connectivity index (χ1) is 13.9. The number of fused-ring (bicyclic) bond motifs is 5. The highest BCUT2D eigenvalue weighted by Gasteiger charge is 2.56. The van der Waals surface area contributed by atoms with Gasteiger partial charge in [0.25, 0.3) is 0 Å². The molecule has 29 heavy (non-hydrogen) atoms. The molecule has 0 bridgehead atoms. The van der Waals surface area contributed by atoms with Crippen LogP contribution in [0.15, 0.2) is 18.2 Å². The van der Waals surface area contributed by atoms with Crippen molar-refractivity contribution in [2.45, 2.75) is 90.6 Å². The third-order valence-corrected chi connectivity index (χ3v) is 7.88. The third-order valence-electron chi connectivity index (χ3n) is 7.88. The Morgan fingerprint density at radius 2 is 2.00 bits per heavy atom. The summed E-state index contributed by atoms with van der Waals surface area (Å²) < 4.78 is 11.3. The molecule has 158 valence electrons. The van der Waals surface area contributed by atoms with Crippen molar-refractivity contribution in [1.82, 2.24) is 0 Å². The van der Waals surface area contributed by atoms with Gasteiger partial charge in [-0.05, 0) is 86.0 Å². The minimum Gasteiger partial charge on any atom is -0.462 e. The van der Waals surface area contributed by atoms with Crippen LogP contribution in [0.3, 0.4) is 0 Å². The van der Waals surface area contributed by atoms with Crippen molar-refractivity contribution in [3.05, 3.63) is 29.3 Å². The molecule has 0 unspecified atom stereocenters. The Balaban J connectivity index is 1.49. The van der Waals surface area contributed by atoms with E-state index < -0.39 is 0 Å². The van der Waals surface area contributed by atoms with Crippen LogP contribution in [0.5, 0.6) is 5.75 Å². The maximum Gasteiger partial charge on any atom is 0.308 e. The number of carbonyl (C=O) groups excluding carboxylic acids is 2. The first-order valence-corrected chi connectivity index (χ1v) is 11.4. The van der Waals surface area contributed by atoms with Gasteiger partial charge in [0.2, 0.25) is 0 Å². The van der Waals surface area contributed by atoms with Gasteiger partial charge < -0.3 is 9.47 Å². The summed E-state index contributed by atoms with van der Waals surface area (Å²) >= 11 is 0. The summed E-state index contributed by atoms with van der Waals surface area (Å²) in [5.41, 5.74) is 2.91. The number of hydrogen-bond donors (Lipinski definition) is 0. The van der Waals surface area contributed by atoms with E-state index in [1.54, 1.807) is 0 Å². The molecule has 5 atom stereocenters. The zero-order valence-electron chi connectivity index (χ0n) is 18.0. The fourth-order valence-electron chi connectivity index (χ4n) is 6.47. The number of aryl methyl sites for hydroxylation is 1. The SMILES string of the molecule is CCCCC(=O)O[C@H]1CC[C@H]2[C@@H]3CCc4cc(OC(C)=O)ccc4[C@H]3CC[C@]12C. The molecule has 0 aliphatic heterocycles. The predicted molar refractivity (Wildman–Crippen MR) is 112 cm³/mol. The van der Waals surface area contributed by atoms with Crippen LogP contribution in [0.4, 0.5) is 0 Å². The van der Waals surface area contributed by atoms with Crippen molar-refractivity contribution in [1.29, 1.82) is 0 Å². The molecule has 2 fully saturated rings. The van der Waals surface area contributed by atoms with Gasteiger partial charge in [-0.1, -0.05) is 26.3 Å². The topological polar surface area (TPSA) is 52.6 Å². The lowest BCUT2D eigenvalue weighted by Gasteiger charge is -2.50. The average molecular weight is 399 g/mol. The number of esters is 2. The largest absolute Gasteiger partial charge is 0.462 e. The Kier molecular flexibility index (Phi) is 5.72. The monoisotopic (exact) mass is 398 g/mol. The van der Waals surface area contributed by atoms with Crippen molar-refractivity contribution in [2.24, 2.45) is 17.3 Å². The summed E-state index contributed by atoms with van der Waals surface area (Å²) in [6.45, 7) is 5.93. The van der Waals surface area contributed by atoms with Crippen LogP contribution in [-0.2, 0) is 20.7 Å². The van der Waals surface area contributed by atoms with Crippen LogP contribution >= 0.6 is 0 Å². The maximum atomic E-state index is 12.3. The number of benzene rings is 1. The molecule has 0 aromatic heterocycles. The zero-order valence-corrected chi connectivity index (χ0v) is 18.0. The van der Waals surface area contributed by atoms with Gasteiger partial charge in [-0.25, -0.2) is 0 Å². The lowest BCUT2D eigenvalue weighted by Crippen LogP contribution is -2.45. The molecule has 2 saturated carbocycles. The molecule has 0 amide bonds. The molecule has 1 aromatic rings. The number of ether oxygens (including phenoxy) is 2. The van der Waals surface area contributed by atoms with Gasteiger partial charge in [-0.2, -0.15) is 0 Å². The normalized spacial score (nSPS) is 32.7. The second-order valence-corrected chi connectivity index (χ2v) is 9.57. The predicted octanol–water partition coefficient (Wildman–Crippen LogP) is 5.57. The molecule has 4 rings (SSSR count). The number of unbranched alkanes of at least 4 members (excludes halogenated alkanes) is 1. The van der Waals surface area contributed by atoms with E-state index in [0.29, 0.717) is 29.9 Å². The summed E-state index contributed by atoms with van der Waals surface area (Å²) in [4.78, 5) is 23.5. The summed E-state index contributed by atoms with van der Waals surface area (Å²) in [6.07, 6.45) is 9.27. The summed E-state index contributed by atoms with van der Waals surface area (Å²) in [5, 5.41) is 0. The molecule has 1 aromatic carbocycles. The highest BCUT2D eigenvalue weighted by molar-refractivity contribution is 5.70. The van der Waals surface area contributed by atoms with Crippen molar-refractivity contribution < 1.29 is 19.1 Å². The molecule has 4 heteroatoms. The fourth-order valence-corrected chi connectivity index (χ4v) is 6.47.